The maximum atomic E-state index is 7.93. The van der Waals surface area contributed by atoms with Crippen LogP contribution < -0.4 is 0 Å². The molecule has 1 saturated heterocycles. The van der Waals surface area contributed by atoms with Crippen LogP contribution in [0.4, 0.5) is 0 Å². The predicted octanol–water partition coefficient (Wildman–Crippen LogP) is 1.70. The number of rotatable bonds is 2. The van der Waals surface area contributed by atoms with E-state index in [0.29, 0.717) is 0 Å². The molecular formula is C11H15N3. The summed E-state index contributed by atoms with van der Waals surface area (Å²) in [5, 5.41) is 7.93. The maximum absolute atomic E-state index is 7.93. The molecule has 14 heavy (non-hydrogen) atoms. The van der Waals surface area contributed by atoms with Crippen molar-refractivity contribution in [2.45, 2.75) is 19.3 Å². The SMILES string of the molecule is N=C(Cc1ccncc1)N1CCCC1. The van der Waals surface area contributed by atoms with Gasteiger partial charge in [-0.25, -0.2) is 0 Å². The van der Waals surface area contributed by atoms with E-state index in [-0.39, 0.29) is 0 Å². The van der Waals surface area contributed by atoms with Gasteiger partial charge in [-0.3, -0.25) is 10.4 Å². The zero-order chi connectivity index (χ0) is 9.80. The first-order chi connectivity index (χ1) is 6.86. The van der Waals surface area contributed by atoms with Gasteiger partial charge in [-0.2, -0.15) is 0 Å². The van der Waals surface area contributed by atoms with Gasteiger partial charge in [0, 0.05) is 31.9 Å². The summed E-state index contributed by atoms with van der Waals surface area (Å²) in [5.74, 6) is 0.744. The van der Waals surface area contributed by atoms with Gasteiger partial charge in [-0.05, 0) is 30.5 Å². The monoisotopic (exact) mass is 189 g/mol. The van der Waals surface area contributed by atoms with E-state index in [1.165, 1.54) is 18.4 Å². The highest BCUT2D eigenvalue weighted by atomic mass is 15.2. The van der Waals surface area contributed by atoms with Crippen molar-refractivity contribution < 1.29 is 0 Å². The third kappa shape index (κ3) is 2.10. The van der Waals surface area contributed by atoms with E-state index in [0.717, 1.165) is 25.3 Å². The minimum atomic E-state index is 0.739. The molecule has 1 N–H and O–H groups in total. The number of hydrogen-bond acceptors (Lipinski definition) is 2. The highest BCUT2D eigenvalue weighted by molar-refractivity contribution is 5.81. The fraction of sp³-hybridized carbons (Fsp3) is 0.455. The number of aromatic nitrogens is 1. The quantitative estimate of drug-likeness (QED) is 0.568. The molecular weight excluding hydrogens is 174 g/mol. The molecule has 1 aliphatic rings. The van der Waals surface area contributed by atoms with Gasteiger partial charge in [0.1, 0.15) is 5.84 Å². The summed E-state index contributed by atoms with van der Waals surface area (Å²) in [5.41, 5.74) is 1.18. The second-order valence-electron chi connectivity index (χ2n) is 3.67. The van der Waals surface area contributed by atoms with Gasteiger partial charge < -0.3 is 4.90 Å². The van der Waals surface area contributed by atoms with Gasteiger partial charge >= 0.3 is 0 Å². The number of likely N-dealkylation sites (tertiary alicyclic amines) is 1. The highest BCUT2D eigenvalue weighted by Gasteiger charge is 2.14. The van der Waals surface area contributed by atoms with Crippen molar-refractivity contribution in [1.82, 2.24) is 9.88 Å². The van der Waals surface area contributed by atoms with Crippen LogP contribution in [0.15, 0.2) is 24.5 Å². The van der Waals surface area contributed by atoms with Crippen LogP contribution in [-0.2, 0) is 6.42 Å². The van der Waals surface area contributed by atoms with E-state index >= 15 is 0 Å². The van der Waals surface area contributed by atoms with Gasteiger partial charge in [0.05, 0.1) is 0 Å². The molecule has 0 saturated carbocycles. The Hall–Kier alpha value is -1.38. The van der Waals surface area contributed by atoms with E-state index < -0.39 is 0 Å². The lowest BCUT2D eigenvalue weighted by atomic mass is 10.2. The van der Waals surface area contributed by atoms with Crippen molar-refractivity contribution >= 4 is 5.84 Å². The van der Waals surface area contributed by atoms with E-state index in [1.54, 1.807) is 12.4 Å². The van der Waals surface area contributed by atoms with Crippen molar-refractivity contribution in [1.29, 1.82) is 5.41 Å². The number of nitrogens with zero attached hydrogens (tertiary/aromatic N) is 2. The molecule has 1 aliphatic heterocycles. The summed E-state index contributed by atoms with van der Waals surface area (Å²) in [7, 11) is 0. The largest absolute Gasteiger partial charge is 0.360 e. The van der Waals surface area contributed by atoms with E-state index in [4.69, 9.17) is 5.41 Å². The van der Waals surface area contributed by atoms with Crippen LogP contribution in [0.25, 0.3) is 0 Å². The summed E-state index contributed by atoms with van der Waals surface area (Å²) in [6.07, 6.45) is 6.78. The Bertz CT molecular complexity index is 302. The van der Waals surface area contributed by atoms with Crippen molar-refractivity contribution in [3.05, 3.63) is 30.1 Å². The van der Waals surface area contributed by atoms with Crippen LogP contribution >= 0.6 is 0 Å². The molecule has 0 aromatic carbocycles. The lowest BCUT2D eigenvalue weighted by Crippen LogP contribution is -2.28. The third-order valence-electron chi connectivity index (χ3n) is 2.61. The number of amidine groups is 1. The topological polar surface area (TPSA) is 40.0 Å². The molecule has 0 bridgehead atoms. The molecule has 1 aromatic rings. The van der Waals surface area contributed by atoms with Crippen molar-refractivity contribution in [2.24, 2.45) is 0 Å². The first-order valence-corrected chi connectivity index (χ1v) is 5.07. The minimum Gasteiger partial charge on any atom is -0.360 e. The lowest BCUT2D eigenvalue weighted by molar-refractivity contribution is 0.506. The van der Waals surface area contributed by atoms with Crippen LogP contribution in [0.1, 0.15) is 18.4 Å². The van der Waals surface area contributed by atoms with Gasteiger partial charge in [-0.15, -0.1) is 0 Å². The van der Waals surface area contributed by atoms with Crippen molar-refractivity contribution in [2.75, 3.05) is 13.1 Å². The zero-order valence-corrected chi connectivity index (χ0v) is 8.24. The van der Waals surface area contributed by atoms with Gasteiger partial charge in [0.2, 0.25) is 0 Å². The number of hydrogen-bond donors (Lipinski definition) is 1. The molecule has 0 amide bonds. The fourth-order valence-corrected chi connectivity index (χ4v) is 1.79. The normalized spacial score (nSPS) is 15.9. The maximum Gasteiger partial charge on any atom is 0.100 e. The molecule has 1 fully saturated rings. The Morgan fingerprint density at radius 2 is 1.93 bits per heavy atom. The van der Waals surface area contributed by atoms with Gasteiger partial charge in [0.25, 0.3) is 0 Å². The molecule has 0 atom stereocenters. The Balaban J connectivity index is 1.94. The number of nitrogens with one attached hydrogen (secondary N) is 1. The molecule has 74 valence electrons. The summed E-state index contributed by atoms with van der Waals surface area (Å²) in [4.78, 5) is 6.13. The van der Waals surface area contributed by atoms with Crippen LogP contribution in [0.2, 0.25) is 0 Å². The van der Waals surface area contributed by atoms with E-state index in [1.807, 2.05) is 12.1 Å². The second kappa shape index (κ2) is 4.22. The average molecular weight is 189 g/mol. The van der Waals surface area contributed by atoms with Crippen molar-refractivity contribution in [3.63, 3.8) is 0 Å². The summed E-state index contributed by atoms with van der Waals surface area (Å²) >= 11 is 0. The standard InChI is InChI=1S/C11H15N3/c12-11(14-7-1-2-8-14)9-10-3-5-13-6-4-10/h3-6,12H,1-2,7-9H2. The molecule has 0 aliphatic carbocycles. The average Bonchev–Trinajstić information content (AvgIpc) is 2.72. The first kappa shape index (κ1) is 9.19. The van der Waals surface area contributed by atoms with E-state index in [9.17, 15) is 0 Å². The molecule has 3 nitrogen and oxygen atoms in total. The summed E-state index contributed by atoms with van der Waals surface area (Å²) in [6.45, 7) is 2.12. The molecule has 0 radical (unpaired) electrons. The Labute approximate surface area is 84.3 Å². The molecule has 3 heteroatoms. The Morgan fingerprint density at radius 3 is 2.57 bits per heavy atom. The second-order valence-corrected chi connectivity index (χ2v) is 3.67. The lowest BCUT2D eigenvalue weighted by Gasteiger charge is -2.18. The molecule has 0 unspecified atom stereocenters. The Kier molecular flexibility index (Phi) is 2.77. The zero-order valence-electron chi connectivity index (χ0n) is 8.24. The first-order valence-electron chi connectivity index (χ1n) is 5.07. The molecule has 2 heterocycles. The van der Waals surface area contributed by atoms with Crippen LogP contribution in [0.3, 0.4) is 0 Å². The Morgan fingerprint density at radius 1 is 1.29 bits per heavy atom. The van der Waals surface area contributed by atoms with Crippen LogP contribution in [0.5, 0.6) is 0 Å². The van der Waals surface area contributed by atoms with Gasteiger partial charge in [-0.1, -0.05) is 0 Å². The minimum absolute atomic E-state index is 0.739. The third-order valence-corrected chi connectivity index (χ3v) is 2.61. The van der Waals surface area contributed by atoms with Crippen LogP contribution in [0, 0.1) is 5.41 Å². The van der Waals surface area contributed by atoms with E-state index in [2.05, 4.69) is 9.88 Å². The smallest absolute Gasteiger partial charge is 0.100 e. The summed E-state index contributed by atoms with van der Waals surface area (Å²) in [6, 6.07) is 3.95. The fourth-order valence-electron chi connectivity index (χ4n) is 1.79. The predicted molar refractivity (Wildman–Crippen MR) is 56.5 cm³/mol. The molecule has 1 aromatic heterocycles. The molecule has 0 spiro atoms. The summed E-state index contributed by atoms with van der Waals surface area (Å²) < 4.78 is 0. The van der Waals surface area contributed by atoms with Gasteiger partial charge in [0.15, 0.2) is 0 Å². The highest BCUT2D eigenvalue weighted by Crippen LogP contribution is 2.10. The van der Waals surface area contributed by atoms with Crippen molar-refractivity contribution in [3.8, 4) is 0 Å². The molecule has 2 rings (SSSR count). The van der Waals surface area contributed by atoms with Crippen LogP contribution in [-0.4, -0.2) is 28.8 Å². The number of pyridine rings is 1.